The molecule has 32 heavy (non-hydrogen) atoms. The van der Waals surface area contributed by atoms with Crippen LogP contribution in [0.1, 0.15) is 19.0 Å². The third kappa shape index (κ3) is 4.66. The number of hydrogen-bond acceptors (Lipinski definition) is 11. The topological polar surface area (TPSA) is 146 Å². The third-order valence-electron chi connectivity index (χ3n) is 5.59. The molecular formula is C21H28N6O4S. The normalized spacial score (nSPS) is 23.0. The molecule has 3 aromatic heterocycles. The maximum absolute atomic E-state index is 10.5. The van der Waals surface area contributed by atoms with Gasteiger partial charge in [0.1, 0.15) is 22.4 Å². The lowest BCUT2D eigenvalue weighted by Crippen LogP contribution is -2.35. The fourth-order valence-electron chi connectivity index (χ4n) is 3.90. The van der Waals surface area contributed by atoms with Gasteiger partial charge in [0, 0.05) is 31.9 Å². The van der Waals surface area contributed by atoms with Gasteiger partial charge >= 0.3 is 0 Å². The maximum atomic E-state index is 10.5. The molecule has 5 N–H and O–H groups in total. The average Bonchev–Trinajstić information content (AvgIpc) is 3.32. The summed E-state index contributed by atoms with van der Waals surface area (Å²) in [4.78, 5) is 18.1. The average molecular weight is 461 g/mol. The van der Waals surface area contributed by atoms with Gasteiger partial charge in [-0.2, -0.15) is 4.98 Å². The Balaban J connectivity index is 1.69. The zero-order valence-corrected chi connectivity index (χ0v) is 18.8. The number of anilines is 2. The minimum atomic E-state index is -1.02. The van der Waals surface area contributed by atoms with Gasteiger partial charge in [-0.05, 0) is 26.3 Å². The van der Waals surface area contributed by atoms with Gasteiger partial charge in [0.05, 0.1) is 40.9 Å². The van der Waals surface area contributed by atoms with E-state index in [4.69, 9.17) is 9.72 Å². The van der Waals surface area contributed by atoms with E-state index >= 15 is 0 Å². The van der Waals surface area contributed by atoms with Crippen molar-refractivity contribution >= 4 is 33.3 Å². The van der Waals surface area contributed by atoms with Crippen LogP contribution in [0.2, 0.25) is 0 Å². The fourth-order valence-corrected chi connectivity index (χ4v) is 4.93. The molecule has 0 bridgehead atoms. The maximum Gasteiger partial charge on any atom is 0.224 e. The Labute approximate surface area is 189 Å². The summed E-state index contributed by atoms with van der Waals surface area (Å²) in [6.07, 6.45) is 1.83. The zero-order chi connectivity index (χ0) is 22.7. The highest BCUT2D eigenvalue weighted by molar-refractivity contribution is 7.21. The molecule has 0 unspecified atom stereocenters. The molecule has 1 saturated carbocycles. The number of aryl methyl sites for hydroxylation is 1. The third-order valence-corrected chi connectivity index (χ3v) is 6.64. The standard InChI is InChI=1S/C21H28N6O4S/c1-3-31-7-6-23-21-24-11(2)16(20-26-14-9-22-5-4-15(14)32-20)19(27-21)25-13-8-12(10-28)17(29)18(13)30/h4-5,9,12-13,17-18,28-30H,3,6-8,10H2,1-2H3,(H2,23,24,25,27)/t12-,13-,17-,18+/m1/s1. The number of nitrogens with one attached hydrogen (secondary N) is 2. The highest BCUT2D eigenvalue weighted by Crippen LogP contribution is 2.37. The summed E-state index contributed by atoms with van der Waals surface area (Å²) in [7, 11) is 0. The Morgan fingerprint density at radius 3 is 2.78 bits per heavy atom. The van der Waals surface area contributed by atoms with Crippen LogP contribution in [0.5, 0.6) is 0 Å². The Bertz CT molecular complexity index is 1030. The van der Waals surface area contributed by atoms with E-state index in [0.717, 1.165) is 26.5 Å². The molecule has 4 rings (SSSR count). The predicted molar refractivity (Wildman–Crippen MR) is 123 cm³/mol. The van der Waals surface area contributed by atoms with Gasteiger partial charge in [-0.25, -0.2) is 9.97 Å². The van der Waals surface area contributed by atoms with Crippen molar-refractivity contribution in [2.45, 2.75) is 38.5 Å². The number of aliphatic hydroxyl groups excluding tert-OH is 3. The van der Waals surface area contributed by atoms with Crippen LogP contribution in [0.25, 0.3) is 20.8 Å². The molecule has 1 aliphatic carbocycles. The van der Waals surface area contributed by atoms with Gasteiger partial charge in [0.2, 0.25) is 5.95 Å². The smallest absolute Gasteiger partial charge is 0.224 e. The van der Waals surface area contributed by atoms with Crippen molar-refractivity contribution in [2.24, 2.45) is 5.92 Å². The molecule has 0 spiro atoms. The van der Waals surface area contributed by atoms with Gasteiger partial charge in [-0.1, -0.05) is 0 Å². The monoisotopic (exact) mass is 460 g/mol. The second-order valence-corrected chi connectivity index (χ2v) is 8.78. The van der Waals surface area contributed by atoms with Crippen LogP contribution in [-0.2, 0) is 4.74 Å². The van der Waals surface area contributed by atoms with Crippen LogP contribution in [-0.4, -0.2) is 79.9 Å². The number of fused-ring (bicyclic) bond motifs is 1. The summed E-state index contributed by atoms with van der Waals surface area (Å²) in [6.45, 7) is 5.34. The lowest BCUT2D eigenvalue weighted by atomic mass is 10.1. The Morgan fingerprint density at radius 2 is 2.06 bits per heavy atom. The van der Waals surface area contributed by atoms with E-state index in [0.29, 0.717) is 37.9 Å². The minimum Gasteiger partial charge on any atom is -0.396 e. The molecule has 11 heteroatoms. The molecule has 0 radical (unpaired) electrons. The summed E-state index contributed by atoms with van der Waals surface area (Å²) < 4.78 is 6.36. The first kappa shape index (κ1) is 22.7. The van der Waals surface area contributed by atoms with Crippen LogP contribution in [0.15, 0.2) is 18.5 Å². The molecule has 4 atom stereocenters. The molecule has 3 heterocycles. The number of aliphatic hydroxyl groups is 3. The van der Waals surface area contributed by atoms with Crippen LogP contribution < -0.4 is 10.6 Å². The molecule has 0 aromatic carbocycles. The molecule has 0 aliphatic heterocycles. The van der Waals surface area contributed by atoms with Crippen LogP contribution in [0.3, 0.4) is 0 Å². The van der Waals surface area contributed by atoms with Crippen molar-refractivity contribution in [3.05, 3.63) is 24.2 Å². The van der Waals surface area contributed by atoms with Crippen molar-refractivity contribution in [1.29, 1.82) is 0 Å². The van der Waals surface area contributed by atoms with Crippen LogP contribution in [0, 0.1) is 12.8 Å². The van der Waals surface area contributed by atoms with E-state index in [1.54, 1.807) is 12.4 Å². The Kier molecular flexibility index (Phi) is 7.11. The predicted octanol–water partition coefficient (Wildman–Crippen LogP) is 1.42. The van der Waals surface area contributed by atoms with E-state index in [2.05, 4.69) is 25.6 Å². The van der Waals surface area contributed by atoms with Crippen molar-refractivity contribution in [2.75, 3.05) is 37.0 Å². The highest BCUT2D eigenvalue weighted by atomic mass is 32.1. The summed E-state index contributed by atoms with van der Waals surface area (Å²) >= 11 is 1.51. The van der Waals surface area contributed by atoms with Crippen molar-refractivity contribution < 1.29 is 20.1 Å². The second kappa shape index (κ2) is 10.0. The zero-order valence-electron chi connectivity index (χ0n) is 18.0. The number of aromatic nitrogens is 4. The van der Waals surface area contributed by atoms with E-state index in [1.165, 1.54) is 11.3 Å². The quantitative estimate of drug-likeness (QED) is 0.297. The first-order valence-corrected chi connectivity index (χ1v) is 11.5. The molecule has 172 valence electrons. The lowest BCUT2D eigenvalue weighted by molar-refractivity contribution is 0.00446. The van der Waals surface area contributed by atoms with E-state index < -0.39 is 24.2 Å². The van der Waals surface area contributed by atoms with Gasteiger partial charge in [0.25, 0.3) is 0 Å². The molecule has 1 fully saturated rings. The minimum absolute atomic E-state index is 0.193. The molecule has 3 aromatic rings. The van der Waals surface area contributed by atoms with Crippen LogP contribution in [0.4, 0.5) is 11.8 Å². The van der Waals surface area contributed by atoms with Gasteiger partial charge in [-0.15, -0.1) is 11.3 Å². The first-order chi connectivity index (χ1) is 15.5. The molecule has 10 nitrogen and oxygen atoms in total. The van der Waals surface area contributed by atoms with Gasteiger partial charge < -0.3 is 30.7 Å². The highest BCUT2D eigenvalue weighted by Gasteiger charge is 2.41. The van der Waals surface area contributed by atoms with E-state index in [1.807, 2.05) is 19.9 Å². The number of hydrogen-bond donors (Lipinski definition) is 5. The van der Waals surface area contributed by atoms with E-state index in [-0.39, 0.29) is 6.61 Å². The molecular weight excluding hydrogens is 432 g/mol. The van der Waals surface area contributed by atoms with Crippen molar-refractivity contribution in [1.82, 2.24) is 19.9 Å². The van der Waals surface area contributed by atoms with Crippen molar-refractivity contribution in [3.63, 3.8) is 0 Å². The first-order valence-electron chi connectivity index (χ1n) is 10.7. The fraction of sp³-hybridized carbons (Fsp3) is 0.524. The largest absolute Gasteiger partial charge is 0.396 e. The van der Waals surface area contributed by atoms with Gasteiger partial charge in [-0.3, -0.25) is 4.98 Å². The second-order valence-electron chi connectivity index (χ2n) is 7.75. The summed E-state index contributed by atoms with van der Waals surface area (Å²) in [6, 6.07) is 1.44. The van der Waals surface area contributed by atoms with Gasteiger partial charge in [0.15, 0.2) is 0 Å². The lowest BCUT2D eigenvalue weighted by Gasteiger charge is -2.21. The number of pyridine rings is 1. The Morgan fingerprint density at radius 1 is 1.22 bits per heavy atom. The van der Waals surface area contributed by atoms with Crippen LogP contribution >= 0.6 is 11.3 Å². The number of ether oxygens (including phenoxy) is 1. The molecule has 1 aliphatic rings. The molecule has 0 saturated heterocycles. The number of rotatable bonds is 9. The summed E-state index contributed by atoms with van der Waals surface area (Å²) in [5, 5.41) is 37.5. The number of thiazole rings is 1. The number of nitrogens with zero attached hydrogens (tertiary/aromatic N) is 4. The SMILES string of the molecule is CCOCCNc1nc(C)c(-c2nc3cnccc3s2)c(N[C@@H]2C[C@H](CO)[C@@H](O)[C@H]2O)n1. The van der Waals surface area contributed by atoms with Crippen molar-refractivity contribution in [3.8, 4) is 10.6 Å². The summed E-state index contributed by atoms with van der Waals surface area (Å²) in [5.41, 5.74) is 2.24. The molecule has 0 amide bonds. The Hall–Kier alpha value is -2.44. The summed E-state index contributed by atoms with van der Waals surface area (Å²) in [5.74, 6) is 0.549. The van der Waals surface area contributed by atoms with E-state index in [9.17, 15) is 15.3 Å².